The van der Waals surface area contributed by atoms with Gasteiger partial charge >= 0.3 is 5.97 Å². The summed E-state index contributed by atoms with van der Waals surface area (Å²) < 4.78 is 13.3. The lowest BCUT2D eigenvalue weighted by molar-refractivity contribution is 0.0697. The topological polar surface area (TPSA) is 37.3 Å². The molecule has 0 radical (unpaired) electrons. The third-order valence-corrected chi connectivity index (χ3v) is 3.32. The Morgan fingerprint density at radius 1 is 1.22 bits per heavy atom. The van der Waals surface area contributed by atoms with Crippen molar-refractivity contribution in [3.05, 3.63) is 53.8 Å². The zero-order valence-corrected chi connectivity index (χ0v) is 10.5. The number of carbonyl (C=O) groups is 1. The maximum Gasteiger partial charge on any atom is 0.336 e. The molecule has 0 aliphatic rings. The molecule has 0 saturated heterocycles. The summed E-state index contributed by atoms with van der Waals surface area (Å²) in [7, 11) is 0. The smallest absolute Gasteiger partial charge is 0.336 e. The molecule has 2 rings (SSSR count). The van der Waals surface area contributed by atoms with Crippen molar-refractivity contribution in [2.75, 3.05) is 6.26 Å². The lowest BCUT2D eigenvalue weighted by Crippen LogP contribution is -2.00. The molecule has 0 fully saturated rings. The lowest BCUT2D eigenvalue weighted by atomic mass is 9.99. The van der Waals surface area contributed by atoms with E-state index in [0.29, 0.717) is 11.1 Å². The average Bonchev–Trinajstić information content (AvgIpc) is 2.38. The Morgan fingerprint density at radius 2 is 2.00 bits per heavy atom. The molecular formula is C14H11FO2S. The van der Waals surface area contributed by atoms with Crippen molar-refractivity contribution < 1.29 is 14.3 Å². The van der Waals surface area contributed by atoms with Crippen LogP contribution in [-0.2, 0) is 0 Å². The first kappa shape index (κ1) is 12.6. The van der Waals surface area contributed by atoms with Gasteiger partial charge in [-0.1, -0.05) is 12.1 Å². The summed E-state index contributed by atoms with van der Waals surface area (Å²) in [5.74, 6) is -1.50. The van der Waals surface area contributed by atoms with Crippen LogP contribution in [0.25, 0.3) is 11.1 Å². The first-order chi connectivity index (χ1) is 8.61. The van der Waals surface area contributed by atoms with E-state index < -0.39 is 11.8 Å². The first-order valence-electron chi connectivity index (χ1n) is 5.29. The Morgan fingerprint density at radius 3 is 2.67 bits per heavy atom. The second-order valence-corrected chi connectivity index (χ2v) is 4.61. The van der Waals surface area contributed by atoms with Gasteiger partial charge in [-0.15, -0.1) is 11.8 Å². The van der Waals surface area contributed by atoms with Crippen molar-refractivity contribution >= 4 is 17.7 Å². The number of carboxylic acids is 1. The van der Waals surface area contributed by atoms with Crippen LogP contribution in [-0.4, -0.2) is 17.3 Å². The molecule has 0 atom stereocenters. The van der Waals surface area contributed by atoms with Crippen LogP contribution in [0, 0.1) is 5.82 Å². The van der Waals surface area contributed by atoms with Crippen molar-refractivity contribution in [2.24, 2.45) is 0 Å². The molecule has 4 heteroatoms. The van der Waals surface area contributed by atoms with E-state index >= 15 is 0 Å². The fourth-order valence-corrected chi connectivity index (χ4v) is 2.19. The van der Waals surface area contributed by atoms with Crippen LogP contribution in [0.5, 0.6) is 0 Å². The maximum atomic E-state index is 13.3. The maximum absolute atomic E-state index is 13.3. The van der Waals surface area contributed by atoms with Gasteiger partial charge in [-0.25, -0.2) is 9.18 Å². The highest BCUT2D eigenvalue weighted by Gasteiger charge is 2.12. The predicted octanol–water partition coefficient (Wildman–Crippen LogP) is 3.91. The fraction of sp³-hybridized carbons (Fsp3) is 0.0714. The van der Waals surface area contributed by atoms with E-state index in [-0.39, 0.29) is 5.56 Å². The molecule has 2 aromatic rings. The zero-order chi connectivity index (χ0) is 13.1. The van der Waals surface area contributed by atoms with Crippen LogP contribution in [0.15, 0.2) is 47.4 Å². The third kappa shape index (κ3) is 2.54. The molecule has 0 aliphatic carbocycles. The van der Waals surface area contributed by atoms with E-state index in [1.807, 2.05) is 24.5 Å². The Bertz CT molecular complexity index is 596. The Labute approximate surface area is 108 Å². The standard InChI is InChI=1S/C14H11FO2S/c1-18-11-4-2-3-9(7-11)13-8-10(15)5-6-12(13)14(16)17/h2-8H,1H3,(H,16,17). The second-order valence-electron chi connectivity index (χ2n) is 3.73. The van der Waals surface area contributed by atoms with Gasteiger partial charge < -0.3 is 5.11 Å². The number of hydrogen-bond acceptors (Lipinski definition) is 2. The molecule has 1 N–H and O–H groups in total. The minimum Gasteiger partial charge on any atom is -0.478 e. The predicted molar refractivity (Wildman–Crippen MR) is 70.6 cm³/mol. The summed E-state index contributed by atoms with van der Waals surface area (Å²) in [5.41, 5.74) is 1.21. The SMILES string of the molecule is CSc1cccc(-c2cc(F)ccc2C(=O)O)c1. The molecular weight excluding hydrogens is 251 g/mol. The van der Waals surface area contributed by atoms with Crippen LogP contribution in [0.2, 0.25) is 0 Å². The number of thioether (sulfide) groups is 1. The summed E-state index contributed by atoms with van der Waals surface area (Å²) in [6.07, 6.45) is 1.93. The molecule has 0 aromatic heterocycles. The zero-order valence-electron chi connectivity index (χ0n) is 9.68. The van der Waals surface area contributed by atoms with E-state index in [1.54, 1.807) is 17.8 Å². The first-order valence-corrected chi connectivity index (χ1v) is 6.51. The number of carboxylic acid groups (broad SMARTS) is 1. The lowest BCUT2D eigenvalue weighted by Gasteiger charge is -2.07. The average molecular weight is 262 g/mol. The number of hydrogen-bond donors (Lipinski definition) is 1. The highest BCUT2D eigenvalue weighted by atomic mass is 32.2. The molecule has 92 valence electrons. The van der Waals surface area contributed by atoms with Gasteiger partial charge in [-0.2, -0.15) is 0 Å². The summed E-state index contributed by atoms with van der Waals surface area (Å²) in [4.78, 5) is 12.1. The van der Waals surface area contributed by atoms with Crippen LogP contribution < -0.4 is 0 Å². The van der Waals surface area contributed by atoms with Crippen LogP contribution in [0.3, 0.4) is 0 Å². The van der Waals surface area contributed by atoms with E-state index in [4.69, 9.17) is 5.11 Å². The van der Waals surface area contributed by atoms with Gasteiger partial charge in [0.15, 0.2) is 0 Å². The van der Waals surface area contributed by atoms with Crippen LogP contribution in [0.4, 0.5) is 4.39 Å². The molecule has 0 spiro atoms. The highest BCUT2D eigenvalue weighted by molar-refractivity contribution is 7.98. The van der Waals surface area contributed by atoms with E-state index in [9.17, 15) is 9.18 Å². The Balaban J connectivity index is 2.61. The van der Waals surface area contributed by atoms with Gasteiger partial charge in [0.2, 0.25) is 0 Å². The van der Waals surface area contributed by atoms with E-state index in [0.717, 1.165) is 11.0 Å². The molecule has 0 bridgehead atoms. The number of benzene rings is 2. The molecule has 0 heterocycles. The van der Waals surface area contributed by atoms with Crippen LogP contribution >= 0.6 is 11.8 Å². The van der Waals surface area contributed by atoms with Crippen LogP contribution in [0.1, 0.15) is 10.4 Å². The van der Waals surface area contributed by atoms with Crippen molar-refractivity contribution in [1.29, 1.82) is 0 Å². The summed E-state index contributed by atoms with van der Waals surface area (Å²) >= 11 is 1.55. The highest BCUT2D eigenvalue weighted by Crippen LogP contribution is 2.28. The minimum absolute atomic E-state index is 0.106. The minimum atomic E-state index is -1.06. The largest absolute Gasteiger partial charge is 0.478 e. The summed E-state index contributed by atoms with van der Waals surface area (Å²) in [6, 6.07) is 11.1. The molecule has 2 aromatic carbocycles. The fourth-order valence-electron chi connectivity index (χ4n) is 1.73. The van der Waals surface area contributed by atoms with Crippen molar-refractivity contribution in [1.82, 2.24) is 0 Å². The van der Waals surface area contributed by atoms with Crippen molar-refractivity contribution in [3.8, 4) is 11.1 Å². The molecule has 18 heavy (non-hydrogen) atoms. The normalized spacial score (nSPS) is 10.3. The molecule has 0 saturated carbocycles. The second kappa shape index (κ2) is 5.23. The van der Waals surface area contributed by atoms with Gasteiger partial charge in [-0.05, 0) is 47.7 Å². The number of halogens is 1. The Kier molecular flexibility index (Phi) is 3.67. The van der Waals surface area contributed by atoms with Gasteiger partial charge in [0.1, 0.15) is 5.82 Å². The van der Waals surface area contributed by atoms with Crippen molar-refractivity contribution in [2.45, 2.75) is 4.90 Å². The molecule has 0 amide bonds. The molecule has 0 unspecified atom stereocenters. The quantitative estimate of drug-likeness (QED) is 0.852. The number of rotatable bonds is 3. The van der Waals surface area contributed by atoms with E-state index in [1.165, 1.54) is 12.1 Å². The summed E-state index contributed by atoms with van der Waals surface area (Å²) in [6.45, 7) is 0. The Hall–Kier alpha value is -1.81. The molecule has 0 aliphatic heterocycles. The van der Waals surface area contributed by atoms with Crippen molar-refractivity contribution in [3.63, 3.8) is 0 Å². The van der Waals surface area contributed by atoms with Gasteiger partial charge in [-0.3, -0.25) is 0 Å². The third-order valence-electron chi connectivity index (χ3n) is 2.59. The van der Waals surface area contributed by atoms with E-state index in [2.05, 4.69) is 0 Å². The van der Waals surface area contributed by atoms with Gasteiger partial charge in [0.05, 0.1) is 5.56 Å². The summed E-state index contributed by atoms with van der Waals surface area (Å²) in [5, 5.41) is 9.12. The monoisotopic (exact) mass is 262 g/mol. The van der Waals surface area contributed by atoms with Gasteiger partial charge in [0.25, 0.3) is 0 Å². The number of aromatic carboxylic acids is 1. The molecule has 2 nitrogen and oxygen atoms in total. The van der Waals surface area contributed by atoms with Gasteiger partial charge in [0, 0.05) is 4.90 Å².